The molecular formula is C14H11FO2S. The highest BCUT2D eigenvalue weighted by Crippen LogP contribution is 2.20. The van der Waals surface area contributed by atoms with Gasteiger partial charge in [-0.3, -0.25) is 0 Å². The number of halogens is 1. The molecule has 0 saturated heterocycles. The largest absolute Gasteiger partial charge is 0.332 e. The minimum atomic E-state index is -4.69. The average molecular weight is 262 g/mol. The minimum Gasteiger partial charge on any atom is -0.189 e. The van der Waals surface area contributed by atoms with Gasteiger partial charge in [0.05, 0.1) is 0 Å². The van der Waals surface area contributed by atoms with E-state index in [1.165, 1.54) is 12.1 Å². The van der Waals surface area contributed by atoms with Crippen LogP contribution < -0.4 is 0 Å². The SMILES string of the molecule is O=S(=O)(F)c1ccccc1C=Cc1ccccc1. The van der Waals surface area contributed by atoms with E-state index in [0.29, 0.717) is 5.56 Å². The smallest absolute Gasteiger partial charge is 0.189 e. The number of benzene rings is 2. The molecule has 0 spiro atoms. The summed E-state index contributed by atoms with van der Waals surface area (Å²) in [6.45, 7) is 0. The van der Waals surface area contributed by atoms with Crippen molar-refractivity contribution in [1.82, 2.24) is 0 Å². The van der Waals surface area contributed by atoms with E-state index in [-0.39, 0.29) is 4.90 Å². The Morgan fingerprint density at radius 2 is 1.44 bits per heavy atom. The van der Waals surface area contributed by atoms with Crippen LogP contribution in [-0.2, 0) is 10.2 Å². The van der Waals surface area contributed by atoms with Crippen molar-refractivity contribution in [2.75, 3.05) is 0 Å². The van der Waals surface area contributed by atoms with E-state index in [9.17, 15) is 12.3 Å². The lowest BCUT2D eigenvalue weighted by Crippen LogP contribution is -1.94. The van der Waals surface area contributed by atoms with E-state index in [1.807, 2.05) is 30.3 Å². The first kappa shape index (κ1) is 12.5. The first-order valence-corrected chi connectivity index (χ1v) is 6.72. The monoisotopic (exact) mass is 262 g/mol. The Balaban J connectivity index is 2.39. The molecule has 2 aromatic carbocycles. The van der Waals surface area contributed by atoms with Crippen LogP contribution in [0.5, 0.6) is 0 Å². The summed E-state index contributed by atoms with van der Waals surface area (Å²) in [5.74, 6) is 0. The van der Waals surface area contributed by atoms with Crippen LogP contribution in [0, 0.1) is 0 Å². The fourth-order valence-corrected chi connectivity index (χ4v) is 2.25. The van der Waals surface area contributed by atoms with Crippen LogP contribution >= 0.6 is 0 Å². The molecule has 2 rings (SSSR count). The fourth-order valence-electron chi connectivity index (χ4n) is 1.59. The Morgan fingerprint density at radius 1 is 0.833 bits per heavy atom. The zero-order valence-corrected chi connectivity index (χ0v) is 10.3. The van der Waals surface area contributed by atoms with Crippen molar-refractivity contribution < 1.29 is 12.3 Å². The standard InChI is InChI=1S/C14H11FO2S/c15-18(16,17)14-9-5-4-8-13(14)11-10-12-6-2-1-3-7-12/h1-11H. The molecule has 4 heteroatoms. The molecule has 0 aliphatic rings. The molecule has 2 nitrogen and oxygen atoms in total. The second-order valence-corrected chi connectivity index (χ2v) is 5.04. The van der Waals surface area contributed by atoms with E-state index in [2.05, 4.69) is 0 Å². The summed E-state index contributed by atoms with van der Waals surface area (Å²) in [6.07, 6.45) is 3.33. The van der Waals surface area contributed by atoms with Crippen LogP contribution in [0.2, 0.25) is 0 Å². The summed E-state index contributed by atoms with van der Waals surface area (Å²) in [7, 11) is -4.69. The first-order chi connectivity index (χ1) is 8.57. The van der Waals surface area contributed by atoms with Crippen LogP contribution in [0.4, 0.5) is 3.89 Å². The third-order valence-corrected chi connectivity index (χ3v) is 3.33. The van der Waals surface area contributed by atoms with Crippen LogP contribution in [0.3, 0.4) is 0 Å². The molecular weight excluding hydrogens is 251 g/mol. The maximum Gasteiger partial charge on any atom is 0.332 e. The van der Waals surface area contributed by atoms with Crippen molar-refractivity contribution >= 4 is 22.4 Å². The van der Waals surface area contributed by atoms with Crippen LogP contribution in [-0.4, -0.2) is 8.42 Å². The first-order valence-electron chi connectivity index (χ1n) is 5.34. The van der Waals surface area contributed by atoms with Gasteiger partial charge in [0.2, 0.25) is 0 Å². The number of rotatable bonds is 3. The maximum atomic E-state index is 13.0. The average Bonchev–Trinajstić information content (AvgIpc) is 2.37. The van der Waals surface area contributed by atoms with Crippen molar-refractivity contribution in [3.05, 3.63) is 65.7 Å². The summed E-state index contributed by atoms with van der Waals surface area (Å²) < 4.78 is 35.0. The summed E-state index contributed by atoms with van der Waals surface area (Å²) >= 11 is 0. The van der Waals surface area contributed by atoms with Gasteiger partial charge in [0.25, 0.3) is 0 Å². The van der Waals surface area contributed by atoms with E-state index < -0.39 is 10.2 Å². The van der Waals surface area contributed by atoms with Gasteiger partial charge in [0.1, 0.15) is 4.90 Å². The quantitative estimate of drug-likeness (QED) is 0.626. The van der Waals surface area contributed by atoms with Gasteiger partial charge in [-0.2, -0.15) is 8.42 Å². The van der Waals surface area contributed by atoms with Gasteiger partial charge in [-0.25, -0.2) is 0 Å². The van der Waals surface area contributed by atoms with Crippen LogP contribution in [0.15, 0.2) is 59.5 Å². The van der Waals surface area contributed by atoms with E-state index in [0.717, 1.165) is 5.56 Å². The Kier molecular flexibility index (Phi) is 3.58. The molecule has 0 N–H and O–H groups in total. The Hall–Kier alpha value is -1.94. The van der Waals surface area contributed by atoms with Gasteiger partial charge >= 0.3 is 10.2 Å². The van der Waals surface area contributed by atoms with Gasteiger partial charge in [0, 0.05) is 0 Å². The summed E-state index contributed by atoms with van der Waals surface area (Å²) in [5.41, 5.74) is 1.26. The molecule has 0 aromatic heterocycles. The van der Waals surface area contributed by atoms with Crippen LogP contribution in [0.1, 0.15) is 11.1 Å². The second kappa shape index (κ2) is 5.14. The van der Waals surface area contributed by atoms with Gasteiger partial charge in [0.15, 0.2) is 0 Å². The third kappa shape index (κ3) is 3.05. The molecule has 92 valence electrons. The number of hydrogen-bond acceptors (Lipinski definition) is 2. The third-order valence-electron chi connectivity index (χ3n) is 2.44. The molecule has 0 heterocycles. The molecule has 0 amide bonds. The molecule has 0 aliphatic heterocycles. The Bertz CT molecular complexity index is 661. The molecule has 0 atom stereocenters. The number of hydrogen-bond donors (Lipinski definition) is 0. The van der Waals surface area contributed by atoms with Crippen molar-refractivity contribution in [2.24, 2.45) is 0 Å². The van der Waals surface area contributed by atoms with E-state index in [1.54, 1.807) is 24.3 Å². The topological polar surface area (TPSA) is 34.1 Å². The molecule has 0 fully saturated rings. The van der Waals surface area contributed by atoms with Crippen LogP contribution in [0.25, 0.3) is 12.2 Å². The Morgan fingerprint density at radius 3 is 2.11 bits per heavy atom. The zero-order valence-electron chi connectivity index (χ0n) is 9.45. The molecule has 0 unspecified atom stereocenters. The highest BCUT2D eigenvalue weighted by atomic mass is 32.3. The van der Waals surface area contributed by atoms with Crippen molar-refractivity contribution in [1.29, 1.82) is 0 Å². The summed E-state index contributed by atoms with van der Waals surface area (Å²) in [4.78, 5) is -0.308. The zero-order chi connectivity index (χ0) is 13.0. The molecule has 0 bridgehead atoms. The molecule has 0 aliphatic carbocycles. The van der Waals surface area contributed by atoms with E-state index in [4.69, 9.17) is 0 Å². The fraction of sp³-hybridized carbons (Fsp3) is 0. The lowest BCUT2D eigenvalue weighted by molar-refractivity contribution is 0.552. The van der Waals surface area contributed by atoms with Crippen molar-refractivity contribution in [3.8, 4) is 0 Å². The highest BCUT2D eigenvalue weighted by molar-refractivity contribution is 7.86. The van der Waals surface area contributed by atoms with Crippen molar-refractivity contribution in [3.63, 3.8) is 0 Å². The summed E-state index contributed by atoms with van der Waals surface area (Å²) in [6, 6.07) is 15.4. The Labute approximate surface area is 106 Å². The predicted octanol–water partition coefficient (Wildman–Crippen LogP) is 3.52. The minimum absolute atomic E-state index is 0.308. The molecule has 0 saturated carbocycles. The summed E-state index contributed by atoms with van der Waals surface area (Å²) in [5, 5.41) is 0. The van der Waals surface area contributed by atoms with Gasteiger partial charge in [-0.15, -0.1) is 3.89 Å². The lowest BCUT2D eigenvalue weighted by Gasteiger charge is -2.00. The predicted molar refractivity (Wildman–Crippen MR) is 70.1 cm³/mol. The molecule has 18 heavy (non-hydrogen) atoms. The molecule has 0 radical (unpaired) electrons. The van der Waals surface area contributed by atoms with Crippen molar-refractivity contribution in [2.45, 2.75) is 4.90 Å². The van der Waals surface area contributed by atoms with Gasteiger partial charge in [-0.05, 0) is 17.2 Å². The van der Waals surface area contributed by atoms with Gasteiger partial charge in [-0.1, -0.05) is 60.7 Å². The normalized spacial score (nSPS) is 11.8. The lowest BCUT2D eigenvalue weighted by atomic mass is 10.1. The molecule has 2 aromatic rings. The van der Waals surface area contributed by atoms with Gasteiger partial charge < -0.3 is 0 Å². The second-order valence-electron chi connectivity index (χ2n) is 3.72. The maximum absolute atomic E-state index is 13.0. The van der Waals surface area contributed by atoms with E-state index >= 15 is 0 Å². The highest BCUT2D eigenvalue weighted by Gasteiger charge is 2.14.